The molecule has 0 spiro atoms. The monoisotopic (exact) mass is 164 g/mol. The number of nitrogens with one attached hydrogen (secondary N) is 1. The van der Waals surface area contributed by atoms with E-state index in [1.54, 1.807) is 24.1 Å². The van der Waals surface area contributed by atoms with Crippen LogP contribution >= 0.6 is 0 Å². The highest BCUT2D eigenvalue weighted by molar-refractivity contribution is 5.67. The van der Waals surface area contributed by atoms with Crippen molar-refractivity contribution in [3.8, 4) is 11.4 Å². The maximum Gasteiger partial charge on any atom is 0.132 e. The minimum Gasteiger partial charge on any atom is -0.396 e. The highest BCUT2D eigenvalue weighted by Crippen LogP contribution is 2.18. The van der Waals surface area contributed by atoms with E-state index >= 15 is 0 Å². The molecule has 0 aliphatic carbocycles. The molecule has 0 aromatic carbocycles. The lowest BCUT2D eigenvalue weighted by atomic mass is 10.3. The molecule has 0 unspecified atom stereocenters. The van der Waals surface area contributed by atoms with Crippen LogP contribution in [0.25, 0.3) is 11.4 Å². The number of aromatic nitrogens is 5. The molecule has 0 aliphatic heterocycles. The molecule has 6 heteroatoms. The Labute approximate surface area is 68.4 Å². The summed E-state index contributed by atoms with van der Waals surface area (Å²) >= 11 is 0. The molecule has 0 atom stereocenters. The van der Waals surface area contributed by atoms with Gasteiger partial charge in [-0.1, -0.05) is 5.21 Å². The number of H-pyrrole nitrogens is 1. The van der Waals surface area contributed by atoms with Crippen molar-refractivity contribution < 1.29 is 0 Å². The van der Waals surface area contributed by atoms with Crippen LogP contribution in [-0.4, -0.2) is 25.2 Å². The van der Waals surface area contributed by atoms with Crippen molar-refractivity contribution >= 4 is 5.69 Å². The smallest absolute Gasteiger partial charge is 0.132 e. The van der Waals surface area contributed by atoms with E-state index < -0.39 is 0 Å². The molecule has 3 N–H and O–H groups in total. The summed E-state index contributed by atoms with van der Waals surface area (Å²) in [4.78, 5) is 0. The van der Waals surface area contributed by atoms with Gasteiger partial charge in [-0.05, 0) is 0 Å². The van der Waals surface area contributed by atoms with E-state index in [-0.39, 0.29) is 0 Å². The van der Waals surface area contributed by atoms with Gasteiger partial charge in [0, 0.05) is 7.05 Å². The Morgan fingerprint density at radius 3 is 2.92 bits per heavy atom. The number of nitrogens with two attached hydrogens (primary N) is 1. The second-order valence-electron chi connectivity index (χ2n) is 2.48. The Morgan fingerprint density at radius 1 is 1.58 bits per heavy atom. The molecule has 62 valence electrons. The Balaban J connectivity index is 2.50. The summed E-state index contributed by atoms with van der Waals surface area (Å²) in [5, 5.41) is 14.2. The topological polar surface area (TPSA) is 85.4 Å². The van der Waals surface area contributed by atoms with E-state index in [0.29, 0.717) is 17.1 Å². The minimum absolute atomic E-state index is 0.579. The van der Waals surface area contributed by atoms with Gasteiger partial charge in [-0.25, -0.2) is 0 Å². The predicted molar refractivity (Wildman–Crippen MR) is 43.0 cm³/mol. The SMILES string of the molecule is Cn1cc(-c2[nH]ncc2N)nn1. The standard InChI is InChI=1S/C6H8N6/c1-12-3-5(9-11-12)6-4(7)2-8-10-6/h2-3H,7H2,1H3,(H,8,10). The summed E-state index contributed by atoms with van der Waals surface area (Å²) in [7, 11) is 1.79. The van der Waals surface area contributed by atoms with Crippen molar-refractivity contribution in [3.05, 3.63) is 12.4 Å². The third-order valence-corrected chi connectivity index (χ3v) is 1.53. The summed E-state index contributed by atoms with van der Waals surface area (Å²) in [6, 6.07) is 0. The first kappa shape index (κ1) is 6.84. The molecule has 0 aliphatic rings. The van der Waals surface area contributed by atoms with Crippen LogP contribution in [0.2, 0.25) is 0 Å². The molecule has 2 rings (SSSR count). The fourth-order valence-corrected chi connectivity index (χ4v) is 0.963. The maximum absolute atomic E-state index is 5.61. The Kier molecular flexibility index (Phi) is 1.33. The molecule has 0 saturated heterocycles. The Morgan fingerprint density at radius 2 is 2.42 bits per heavy atom. The van der Waals surface area contributed by atoms with Gasteiger partial charge in [0.2, 0.25) is 0 Å². The van der Waals surface area contributed by atoms with Gasteiger partial charge in [0.15, 0.2) is 0 Å². The van der Waals surface area contributed by atoms with Gasteiger partial charge in [0.05, 0.1) is 18.1 Å². The number of anilines is 1. The van der Waals surface area contributed by atoms with Gasteiger partial charge in [-0.15, -0.1) is 5.10 Å². The van der Waals surface area contributed by atoms with Crippen LogP contribution in [0, 0.1) is 0 Å². The van der Waals surface area contributed by atoms with E-state index in [4.69, 9.17) is 5.73 Å². The van der Waals surface area contributed by atoms with Crippen LogP contribution in [0.15, 0.2) is 12.4 Å². The van der Waals surface area contributed by atoms with E-state index in [1.165, 1.54) is 0 Å². The largest absolute Gasteiger partial charge is 0.396 e. The molecule has 2 aromatic heterocycles. The van der Waals surface area contributed by atoms with Crippen molar-refractivity contribution in [1.82, 2.24) is 25.2 Å². The van der Waals surface area contributed by atoms with Crippen LogP contribution < -0.4 is 5.73 Å². The van der Waals surface area contributed by atoms with Gasteiger partial charge in [0.25, 0.3) is 0 Å². The number of hydrogen-bond acceptors (Lipinski definition) is 4. The maximum atomic E-state index is 5.61. The minimum atomic E-state index is 0.579. The van der Waals surface area contributed by atoms with Gasteiger partial charge >= 0.3 is 0 Å². The number of rotatable bonds is 1. The zero-order valence-electron chi connectivity index (χ0n) is 6.52. The van der Waals surface area contributed by atoms with Crippen molar-refractivity contribution in [2.75, 3.05) is 5.73 Å². The first-order valence-corrected chi connectivity index (χ1v) is 3.43. The number of nitrogen functional groups attached to an aromatic ring is 1. The zero-order valence-corrected chi connectivity index (χ0v) is 6.52. The number of aryl methyl sites for hydroxylation is 1. The number of nitrogens with zero attached hydrogens (tertiary/aromatic N) is 4. The van der Waals surface area contributed by atoms with Gasteiger partial charge in [-0.3, -0.25) is 9.78 Å². The van der Waals surface area contributed by atoms with Crippen LogP contribution in [0.4, 0.5) is 5.69 Å². The molecular weight excluding hydrogens is 156 g/mol. The lowest BCUT2D eigenvalue weighted by Gasteiger charge is -1.89. The molecule has 0 radical (unpaired) electrons. The summed E-state index contributed by atoms with van der Waals surface area (Å²) in [6.45, 7) is 0. The Hall–Kier alpha value is -1.85. The van der Waals surface area contributed by atoms with E-state index in [0.717, 1.165) is 0 Å². The lowest BCUT2D eigenvalue weighted by molar-refractivity contribution is 0.715. The molecule has 2 aromatic rings. The van der Waals surface area contributed by atoms with Crippen LogP contribution in [-0.2, 0) is 7.05 Å². The summed E-state index contributed by atoms with van der Waals surface area (Å²) < 4.78 is 1.61. The highest BCUT2D eigenvalue weighted by Gasteiger charge is 2.07. The highest BCUT2D eigenvalue weighted by atomic mass is 15.4. The average Bonchev–Trinajstić information content (AvgIpc) is 2.58. The fourth-order valence-electron chi connectivity index (χ4n) is 0.963. The van der Waals surface area contributed by atoms with Gasteiger partial charge in [0.1, 0.15) is 11.4 Å². The predicted octanol–water partition coefficient (Wildman–Crippen LogP) is -0.213. The number of hydrogen-bond donors (Lipinski definition) is 2. The molecular formula is C6H8N6. The first-order valence-electron chi connectivity index (χ1n) is 3.43. The van der Waals surface area contributed by atoms with Crippen molar-refractivity contribution in [2.24, 2.45) is 7.05 Å². The van der Waals surface area contributed by atoms with Crippen LogP contribution in [0.5, 0.6) is 0 Å². The second-order valence-corrected chi connectivity index (χ2v) is 2.48. The molecule has 0 bridgehead atoms. The van der Waals surface area contributed by atoms with E-state index in [2.05, 4.69) is 20.5 Å². The van der Waals surface area contributed by atoms with Crippen molar-refractivity contribution in [3.63, 3.8) is 0 Å². The lowest BCUT2D eigenvalue weighted by Crippen LogP contribution is -1.86. The average molecular weight is 164 g/mol. The van der Waals surface area contributed by atoms with Crippen LogP contribution in [0.3, 0.4) is 0 Å². The van der Waals surface area contributed by atoms with Crippen molar-refractivity contribution in [2.45, 2.75) is 0 Å². The first-order chi connectivity index (χ1) is 5.77. The Bertz CT molecular complexity index is 386. The number of aromatic amines is 1. The van der Waals surface area contributed by atoms with Gasteiger partial charge in [-0.2, -0.15) is 5.10 Å². The van der Waals surface area contributed by atoms with Crippen LogP contribution in [0.1, 0.15) is 0 Å². The molecule has 6 nitrogen and oxygen atoms in total. The second kappa shape index (κ2) is 2.33. The van der Waals surface area contributed by atoms with Crippen molar-refractivity contribution in [1.29, 1.82) is 0 Å². The molecule has 12 heavy (non-hydrogen) atoms. The molecule has 0 amide bonds. The third-order valence-electron chi connectivity index (χ3n) is 1.53. The summed E-state index contributed by atoms with van der Waals surface area (Å²) in [6.07, 6.45) is 3.31. The molecule has 2 heterocycles. The fraction of sp³-hybridized carbons (Fsp3) is 0.167. The van der Waals surface area contributed by atoms with E-state index in [9.17, 15) is 0 Å². The zero-order chi connectivity index (χ0) is 8.55. The summed E-state index contributed by atoms with van der Waals surface area (Å²) in [5.74, 6) is 0. The summed E-state index contributed by atoms with van der Waals surface area (Å²) in [5.41, 5.74) is 7.60. The molecule has 0 fully saturated rings. The van der Waals surface area contributed by atoms with Gasteiger partial charge < -0.3 is 5.73 Å². The van der Waals surface area contributed by atoms with E-state index in [1.807, 2.05) is 0 Å². The normalized spacial score (nSPS) is 10.4. The third kappa shape index (κ3) is 0.931. The molecule has 0 saturated carbocycles. The quantitative estimate of drug-likeness (QED) is 0.610.